The fourth-order valence-corrected chi connectivity index (χ4v) is 10.4. The second kappa shape index (κ2) is 18.2. The predicted octanol–water partition coefficient (Wildman–Crippen LogP) is 8.47. The zero-order chi connectivity index (χ0) is 45.2. The number of nitrogens with zero attached hydrogens (tertiary/aromatic N) is 9. The minimum absolute atomic E-state index is 0.0133. The van der Waals surface area contributed by atoms with Crippen molar-refractivity contribution in [3.63, 3.8) is 0 Å². The summed E-state index contributed by atoms with van der Waals surface area (Å²) in [6.07, 6.45) is 13.3. The zero-order valence-electron chi connectivity index (χ0n) is 36.3. The SMILES string of the molecule is Cc1ccc(S(=O)(=O)n2ccc3c2ncn2cnc(C4CCCN(C(=O)OCc5ccccc5)C4)c32)cc1.O=C(OCc1ccccc1)N1CCCC(c2ncn3cnc4[nH]ccc4c23)C1. The van der Waals surface area contributed by atoms with Gasteiger partial charge in [-0.2, -0.15) is 0 Å². The summed E-state index contributed by atoms with van der Waals surface area (Å²) in [7, 11) is -3.82. The number of ether oxygens (including phenoxy) is 2. The molecule has 336 valence electrons. The van der Waals surface area contributed by atoms with Crippen LogP contribution >= 0.6 is 0 Å². The van der Waals surface area contributed by atoms with Gasteiger partial charge in [-0.05, 0) is 68.0 Å². The first kappa shape index (κ1) is 42.4. The lowest BCUT2D eigenvalue weighted by molar-refractivity contribution is 0.0851. The second-order valence-electron chi connectivity index (χ2n) is 16.8. The first-order valence-electron chi connectivity index (χ1n) is 22.1. The van der Waals surface area contributed by atoms with Gasteiger partial charge < -0.3 is 24.3 Å². The maximum Gasteiger partial charge on any atom is 0.410 e. The number of carbonyl (C=O) groups excluding carboxylic acids is 2. The number of H-pyrrole nitrogens is 1. The van der Waals surface area contributed by atoms with Gasteiger partial charge in [0, 0.05) is 61.2 Å². The Kier molecular flexibility index (Phi) is 11.7. The number of nitrogens with one attached hydrogen (secondary N) is 1. The summed E-state index contributed by atoms with van der Waals surface area (Å²) in [4.78, 5) is 50.5. The highest BCUT2D eigenvalue weighted by atomic mass is 32.2. The van der Waals surface area contributed by atoms with Crippen LogP contribution in [0.3, 0.4) is 0 Å². The van der Waals surface area contributed by atoms with E-state index in [1.165, 1.54) is 10.2 Å². The Morgan fingerprint density at radius 3 is 1.76 bits per heavy atom. The van der Waals surface area contributed by atoms with E-state index in [1.807, 2.05) is 88.7 Å². The van der Waals surface area contributed by atoms with Crippen LogP contribution in [0.2, 0.25) is 0 Å². The molecule has 16 nitrogen and oxygen atoms in total. The number of rotatable bonds is 8. The second-order valence-corrected chi connectivity index (χ2v) is 18.6. The lowest BCUT2D eigenvalue weighted by atomic mass is 9.94. The van der Waals surface area contributed by atoms with Crippen molar-refractivity contribution in [2.75, 3.05) is 26.2 Å². The Balaban J connectivity index is 0.000000162. The van der Waals surface area contributed by atoms with Crippen LogP contribution in [-0.2, 0) is 32.7 Å². The Bertz CT molecular complexity index is 3270. The van der Waals surface area contributed by atoms with Crippen LogP contribution in [0.25, 0.3) is 33.1 Å². The largest absolute Gasteiger partial charge is 0.445 e. The number of aromatic nitrogens is 8. The van der Waals surface area contributed by atoms with Crippen LogP contribution < -0.4 is 0 Å². The molecule has 17 heteroatoms. The Morgan fingerprint density at radius 2 is 1.18 bits per heavy atom. The average molecular weight is 905 g/mol. The molecule has 2 aliphatic rings. The molecule has 3 aromatic carbocycles. The maximum absolute atomic E-state index is 13.4. The van der Waals surface area contributed by atoms with Gasteiger partial charge in [-0.15, -0.1) is 0 Å². The van der Waals surface area contributed by atoms with Crippen molar-refractivity contribution in [2.24, 2.45) is 0 Å². The van der Waals surface area contributed by atoms with Gasteiger partial charge in [0.25, 0.3) is 10.0 Å². The predicted molar refractivity (Wildman–Crippen MR) is 247 cm³/mol. The minimum Gasteiger partial charge on any atom is -0.445 e. The van der Waals surface area contributed by atoms with Crippen LogP contribution in [0.4, 0.5) is 9.59 Å². The van der Waals surface area contributed by atoms with Crippen LogP contribution in [0.5, 0.6) is 0 Å². The van der Waals surface area contributed by atoms with Crippen LogP contribution in [-0.4, -0.2) is 94.3 Å². The standard InChI is InChI=1S/C28H27N5O4S.C21H21N5O2/c1-20-9-11-23(12-10-20)38(35,36)33-15-13-24-26-25(29-18-32(26)19-30-27(24)33)22-8-5-14-31(16-22)28(34)37-17-21-6-3-2-4-7-21;27-21(28-12-15-5-2-1-3-6-15)25-10-4-7-16(11-25)18-19-17-8-9-22-20(17)24-14-26(19)13-23-18/h2-4,6-7,9-13,15,18-19,22H,5,8,14,16-17H2,1H3;1-3,5-6,8-9,13-14,16,22H,4,7,10-12H2. The summed E-state index contributed by atoms with van der Waals surface area (Å²) in [5, 5.41) is 1.75. The molecule has 9 aromatic rings. The lowest BCUT2D eigenvalue weighted by Crippen LogP contribution is -2.39. The van der Waals surface area contributed by atoms with E-state index < -0.39 is 10.0 Å². The van der Waals surface area contributed by atoms with E-state index in [4.69, 9.17) is 9.47 Å². The van der Waals surface area contributed by atoms with Crippen molar-refractivity contribution < 1.29 is 27.5 Å². The zero-order valence-corrected chi connectivity index (χ0v) is 37.1. The van der Waals surface area contributed by atoms with E-state index in [1.54, 1.807) is 65.4 Å². The van der Waals surface area contributed by atoms with Crippen molar-refractivity contribution >= 4 is 55.3 Å². The molecule has 1 N–H and O–H groups in total. The molecular weight excluding hydrogens is 857 g/mol. The molecular formula is C49H48N10O6S. The topological polar surface area (TPSA) is 174 Å². The molecule has 2 unspecified atom stereocenters. The highest BCUT2D eigenvalue weighted by molar-refractivity contribution is 7.90. The van der Waals surface area contributed by atoms with Gasteiger partial charge in [0.2, 0.25) is 0 Å². The molecule has 0 bridgehead atoms. The summed E-state index contributed by atoms with van der Waals surface area (Å²) >= 11 is 0. The summed E-state index contributed by atoms with van der Waals surface area (Å²) in [5.74, 6) is 0.171. The number of benzene rings is 3. The fraction of sp³-hybridized carbons (Fsp3) is 0.265. The molecule has 2 aliphatic heterocycles. The number of piperidine rings is 2. The van der Waals surface area contributed by atoms with E-state index in [9.17, 15) is 18.0 Å². The number of carbonyl (C=O) groups is 2. The number of hydrogen-bond acceptors (Lipinski definition) is 10. The smallest absolute Gasteiger partial charge is 0.410 e. The first-order valence-corrected chi connectivity index (χ1v) is 23.5. The van der Waals surface area contributed by atoms with Gasteiger partial charge in [-0.3, -0.25) is 8.80 Å². The maximum atomic E-state index is 13.4. The molecule has 6 aromatic heterocycles. The quantitative estimate of drug-likeness (QED) is 0.156. The molecule has 0 aliphatic carbocycles. The van der Waals surface area contributed by atoms with Gasteiger partial charge in [-0.1, -0.05) is 78.4 Å². The monoisotopic (exact) mass is 904 g/mol. The number of aryl methyl sites for hydroxylation is 1. The van der Waals surface area contributed by atoms with E-state index >= 15 is 0 Å². The van der Waals surface area contributed by atoms with E-state index in [0.29, 0.717) is 37.3 Å². The number of imidazole rings is 2. The van der Waals surface area contributed by atoms with E-state index in [-0.39, 0.29) is 35.5 Å². The number of likely N-dealkylation sites (tertiary alicyclic amines) is 2. The van der Waals surface area contributed by atoms with E-state index in [2.05, 4.69) is 24.9 Å². The molecule has 66 heavy (non-hydrogen) atoms. The van der Waals surface area contributed by atoms with Crippen LogP contribution in [0, 0.1) is 6.92 Å². The molecule has 0 radical (unpaired) electrons. The minimum atomic E-state index is -3.82. The summed E-state index contributed by atoms with van der Waals surface area (Å²) < 4.78 is 42.9. The third-order valence-corrected chi connectivity index (χ3v) is 14.1. The van der Waals surface area contributed by atoms with Gasteiger partial charge in [0.15, 0.2) is 5.65 Å². The van der Waals surface area contributed by atoms with Gasteiger partial charge >= 0.3 is 12.2 Å². The Hall–Kier alpha value is -7.53. The molecule has 8 heterocycles. The molecule has 2 saturated heterocycles. The van der Waals surface area contributed by atoms with Gasteiger partial charge in [0.1, 0.15) is 44.2 Å². The first-order chi connectivity index (χ1) is 32.2. The van der Waals surface area contributed by atoms with Crippen molar-refractivity contribution in [1.82, 2.24) is 47.5 Å². The Morgan fingerprint density at radius 1 is 0.652 bits per heavy atom. The van der Waals surface area contributed by atoms with Gasteiger partial charge in [-0.25, -0.2) is 41.9 Å². The third kappa shape index (κ3) is 8.44. The molecule has 2 atom stereocenters. The van der Waals surface area contributed by atoms with Crippen molar-refractivity contribution in [3.05, 3.63) is 163 Å². The third-order valence-electron chi connectivity index (χ3n) is 12.4. The highest BCUT2D eigenvalue weighted by Gasteiger charge is 2.31. The number of amides is 2. The molecule has 2 fully saturated rings. The van der Waals surface area contributed by atoms with Crippen molar-refractivity contribution in [2.45, 2.75) is 62.6 Å². The molecule has 0 saturated carbocycles. The summed E-state index contributed by atoms with van der Waals surface area (Å²) in [6, 6.07) is 29.9. The summed E-state index contributed by atoms with van der Waals surface area (Å²) in [5.41, 5.74) is 7.82. The van der Waals surface area contributed by atoms with Gasteiger partial charge in [0.05, 0.1) is 27.3 Å². The van der Waals surface area contributed by atoms with Crippen LogP contribution in [0.15, 0.2) is 140 Å². The molecule has 0 spiro atoms. The van der Waals surface area contributed by atoms with Crippen molar-refractivity contribution in [3.8, 4) is 0 Å². The van der Waals surface area contributed by atoms with E-state index in [0.717, 1.165) is 82.4 Å². The average Bonchev–Trinajstić information content (AvgIpc) is 4.19. The molecule has 2 amide bonds. The fourth-order valence-electron chi connectivity index (χ4n) is 9.06. The number of aromatic amines is 1. The number of fused-ring (bicyclic) bond motifs is 6. The number of hydrogen-bond donors (Lipinski definition) is 1. The highest BCUT2D eigenvalue weighted by Crippen LogP contribution is 2.34. The normalized spacial score (nSPS) is 16.7. The van der Waals surface area contributed by atoms with Crippen LogP contribution in [0.1, 0.15) is 65.6 Å². The van der Waals surface area contributed by atoms with Crippen molar-refractivity contribution in [1.29, 1.82) is 0 Å². The summed E-state index contributed by atoms with van der Waals surface area (Å²) in [6.45, 7) is 4.87. The molecule has 11 rings (SSSR count). The Labute approximate surface area is 380 Å². The lowest BCUT2D eigenvalue weighted by Gasteiger charge is -2.31.